The lowest BCUT2D eigenvalue weighted by molar-refractivity contribution is -0.130. The van der Waals surface area contributed by atoms with Gasteiger partial charge in [-0.1, -0.05) is 57.2 Å². The van der Waals surface area contributed by atoms with E-state index in [-0.39, 0.29) is 35.9 Å². The van der Waals surface area contributed by atoms with Gasteiger partial charge in [0.25, 0.3) is 0 Å². The Morgan fingerprint density at radius 1 is 1.36 bits per heavy atom. The predicted molar refractivity (Wildman–Crippen MR) is 114 cm³/mol. The average Bonchev–Trinajstić information content (AvgIpc) is 2.98. The second-order valence-corrected chi connectivity index (χ2v) is 13.8. The molecule has 1 fully saturated rings. The first kappa shape index (κ1) is 22.4. The Labute approximate surface area is 169 Å². The van der Waals surface area contributed by atoms with Crippen LogP contribution in [0.3, 0.4) is 0 Å². The summed E-state index contributed by atoms with van der Waals surface area (Å²) in [6.45, 7) is 15.4. The van der Waals surface area contributed by atoms with E-state index in [1.165, 1.54) is 4.90 Å². The maximum atomic E-state index is 12.9. The highest BCUT2D eigenvalue weighted by Gasteiger charge is 2.40. The molecule has 0 aliphatic carbocycles. The molecule has 1 aliphatic heterocycles. The SMILES string of the molecule is C=C[C@@H](CO[Si](C)(C)C(C)(C)C)CC(=O)N1C(=O)OC[C@@H]1Cc1ccccc1. The van der Waals surface area contributed by atoms with Crippen molar-refractivity contribution in [3.8, 4) is 0 Å². The molecule has 0 unspecified atom stereocenters. The minimum atomic E-state index is -1.91. The van der Waals surface area contributed by atoms with E-state index >= 15 is 0 Å². The standard InChI is InChI=1S/C22H33NO4Si/c1-7-17(15-27-28(5,6)22(2,3)4)14-20(24)23-19(16-26-21(23)25)13-18-11-9-8-10-12-18/h7-12,17,19H,1,13-16H2,2-6H3/t17-,19+/m1/s1. The van der Waals surface area contributed by atoms with Crippen LogP contribution in [0.1, 0.15) is 32.8 Å². The molecule has 1 heterocycles. The number of benzene rings is 1. The maximum Gasteiger partial charge on any atom is 0.416 e. The summed E-state index contributed by atoms with van der Waals surface area (Å²) in [5.74, 6) is -0.362. The summed E-state index contributed by atoms with van der Waals surface area (Å²) < 4.78 is 11.4. The lowest BCUT2D eigenvalue weighted by atomic mass is 10.0. The number of nitrogens with zero attached hydrogens (tertiary/aromatic N) is 1. The molecule has 5 nitrogen and oxygen atoms in total. The van der Waals surface area contributed by atoms with Gasteiger partial charge in [-0.15, -0.1) is 6.58 Å². The van der Waals surface area contributed by atoms with Gasteiger partial charge in [0.1, 0.15) is 6.61 Å². The van der Waals surface area contributed by atoms with E-state index in [1.807, 2.05) is 30.3 Å². The monoisotopic (exact) mass is 403 g/mol. The molecule has 2 amide bonds. The predicted octanol–water partition coefficient (Wildman–Crippen LogP) is 4.79. The first-order valence-corrected chi connectivity index (χ1v) is 12.7. The molecular weight excluding hydrogens is 370 g/mol. The maximum absolute atomic E-state index is 12.9. The lowest BCUT2D eigenvalue weighted by Gasteiger charge is -2.37. The van der Waals surface area contributed by atoms with Gasteiger partial charge in [0.15, 0.2) is 8.32 Å². The Bertz CT molecular complexity index is 696. The molecule has 1 saturated heterocycles. The Balaban J connectivity index is 1.99. The van der Waals surface area contributed by atoms with Crippen molar-refractivity contribution in [2.75, 3.05) is 13.2 Å². The smallest absolute Gasteiger partial charge is 0.416 e. The number of hydrogen-bond donors (Lipinski definition) is 0. The van der Waals surface area contributed by atoms with Crippen molar-refractivity contribution in [1.29, 1.82) is 0 Å². The van der Waals surface area contributed by atoms with Gasteiger partial charge in [0.05, 0.1) is 6.04 Å². The van der Waals surface area contributed by atoms with Gasteiger partial charge in [0, 0.05) is 18.9 Å². The summed E-state index contributed by atoms with van der Waals surface area (Å²) >= 11 is 0. The van der Waals surface area contributed by atoms with Gasteiger partial charge in [0.2, 0.25) is 5.91 Å². The highest BCUT2D eigenvalue weighted by molar-refractivity contribution is 6.74. The number of imide groups is 1. The average molecular weight is 404 g/mol. The fourth-order valence-corrected chi connectivity index (χ4v) is 3.93. The van der Waals surface area contributed by atoms with Crippen molar-refractivity contribution in [2.45, 2.75) is 57.8 Å². The van der Waals surface area contributed by atoms with E-state index < -0.39 is 14.4 Å². The summed E-state index contributed by atoms with van der Waals surface area (Å²) in [5.41, 5.74) is 1.07. The van der Waals surface area contributed by atoms with E-state index in [2.05, 4.69) is 40.4 Å². The molecular formula is C22H33NO4Si. The minimum Gasteiger partial charge on any atom is -0.447 e. The van der Waals surface area contributed by atoms with Crippen molar-refractivity contribution >= 4 is 20.3 Å². The fourth-order valence-electron chi connectivity index (χ4n) is 2.87. The van der Waals surface area contributed by atoms with Crippen LogP contribution >= 0.6 is 0 Å². The minimum absolute atomic E-state index is 0.0995. The molecule has 2 rings (SSSR count). The molecule has 0 bridgehead atoms. The van der Waals surface area contributed by atoms with Crippen LogP contribution in [-0.2, 0) is 20.4 Å². The summed E-state index contributed by atoms with van der Waals surface area (Å²) in [6, 6.07) is 9.56. The number of cyclic esters (lactones) is 1. The first-order chi connectivity index (χ1) is 13.0. The normalized spacial score (nSPS) is 18.7. The largest absolute Gasteiger partial charge is 0.447 e. The first-order valence-electron chi connectivity index (χ1n) is 9.84. The van der Waals surface area contributed by atoms with Crippen LogP contribution in [0.15, 0.2) is 43.0 Å². The third kappa shape index (κ3) is 5.55. The molecule has 0 spiro atoms. The zero-order valence-corrected chi connectivity index (χ0v) is 18.7. The third-order valence-electron chi connectivity index (χ3n) is 5.78. The second-order valence-electron chi connectivity index (χ2n) is 8.96. The summed E-state index contributed by atoms with van der Waals surface area (Å²) in [4.78, 5) is 26.3. The van der Waals surface area contributed by atoms with E-state index in [9.17, 15) is 9.59 Å². The van der Waals surface area contributed by atoms with Crippen molar-refractivity contribution in [3.05, 3.63) is 48.6 Å². The highest BCUT2D eigenvalue weighted by atomic mass is 28.4. The molecule has 0 radical (unpaired) electrons. The molecule has 0 saturated carbocycles. The molecule has 0 aromatic heterocycles. The van der Waals surface area contributed by atoms with Crippen LogP contribution in [0, 0.1) is 5.92 Å². The Morgan fingerprint density at radius 2 is 2.00 bits per heavy atom. The molecule has 6 heteroatoms. The van der Waals surface area contributed by atoms with Crippen LogP contribution in [0.2, 0.25) is 18.1 Å². The van der Waals surface area contributed by atoms with Gasteiger partial charge in [-0.3, -0.25) is 4.79 Å². The Hall–Kier alpha value is -1.92. The van der Waals surface area contributed by atoms with Crippen LogP contribution in [0.4, 0.5) is 4.79 Å². The van der Waals surface area contributed by atoms with Crippen LogP contribution in [0.25, 0.3) is 0 Å². The second kappa shape index (κ2) is 9.05. The third-order valence-corrected chi connectivity index (χ3v) is 10.3. The molecule has 1 aromatic carbocycles. The number of carbonyl (C=O) groups excluding carboxylic acids is 2. The molecule has 0 N–H and O–H groups in total. The quantitative estimate of drug-likeness (QED) is 0.462. The topological polar surface area (TPSA) is 55.8 Å². The van der Waals surface area contributed by atoms with E-state index in [4.69, 9.17) is 9.16 Å². The van der Waals surface area contributed by atoms with Gasteiger partial charge in [-0.25, -0.2) is 9.69 Å². The fraction of sp³-hybridized carbons (Fsp3) is 0.545. The van der Waals surface area contributed by atoms with Gasteiger partial charge >= 0.3 is 6.09 Å². The number of rotatable bonds is 8. The number of ether oxygens (including phenoxy) is 1. The van der Waals surface area contributed by atoms with E-state index in [0.29, 0.717) is 13.0 Å². The zero-order chi connectivity index (χ0) is 20.9. The summed E-state index contributed by atoms with van der Waals surface area (Å²) in [7, 11) is -1.91. The lowest BCUT2D eigenvalue weighted by Crippen LogP contribution is -2.43. The van der Waals surface area contributed by atoms with Crippen molar-refractivity contribution < 1.29 is 18.8 Å². The summed E-state index contributed by atoms with van der Waals surface area (Å²) in [6.07, 6.45) is 1.98. The Kier molecular flexibility index (Phi) is 7.23. The van der Waals surface area contributed by atoms with Crippen LogP contribution in [-0.4, -0.2) is 44.5 Å². The summed E-state index contributed by atoms with van der Waals surface area (Å²) in [5, 5.41) is 0.0995. The van der Waals surface area contributed by atoms with E-state index in [0.717, 1.165) is 5.56 Å². The number of hydrogen-bond acceptors (Lipinski definition) is 4. The molecule has 2 atom stereocenters. The van der Waals surface area contributed by atoms with Crippen LogP contribution < -0.4 is 0 Å². The number of carbonyl (C=O) groups is 2. The molecule has 1 aromatic rings. The highest BCUT2D eigenvalue weighted by Crippen LogP contribution is 2.37. The number of amides is 2. The zero-order valence-electron chi connectivity index (χ0n) is 17.7. The van der Waals surface area contributed by atoms with Crippen molar-refractivity contribution in [2.24, 2.45) is 5.92 Å². The Morgan fingerprint density at radius 3 is 2.57 bits per heavy atom. The molecule has 154 valence electrons. The van der Waals surface area contributed by atoms with E-state index in [1.54, 1.807) is 6.08 Å². The van der Waals surface area contributed by atoms with Gasteiger partial charge in [-0.2, -0.15) is 0 Å². The van der Waals surface area contributed by atoms with Crippen molar-refractivity contribution in [3.63, 3.8) is 0 Å². The molecule has 28 heavy (non-hydrogen) atoms. The van der Waals surface area contributed by atoms with Crippen LogP contribution in [0.5, 0.6) is 0 Å². The van der Waals surface area contributed by atoms with Crippen molar-refractivity contribution in [1.82, 2.24) is 4.90 Å². The molecule has 1 aliphatic rings. The van der Waals surface area contributed by atoms with Gasteiger partial charge < -0.3 is 9.16 Å². The van der Waals surface area contributed by atoms with Gasteiger partial charge in [-0.05, 0) is 30.1 Å².